The van der Waals surface area contributed by atoms with Gasteiger partial charge in [-0.1, -0.05) is 12.1 Å². The van der Waals surface area contributed by atoms with E-state index in [1.165, 1.54) is 0 Å². The van der Waals surface area contributed by atoms with Gasteiger partial charge in [-0.15, -0.1) is 0 Å². The van der Waals surface area contributed by atoms with Crippen LogP contribution in [0.3, 0.4) is 0 Å². The molecule has 12 heteroatoms. The normalized spacial score (nSPS) is 24.1. The molecule has 41 heavy (non-hydrogen) atoms. The van der Waals surface area contributed by atoms with Crippen molar-refractivity contribution >= 4 is 45.5 Å². The fourth-order valence-electron chi connectivity index (χ4n) is 6.24. The minimum Gasteiger partial charge on any atom is -0.474 e. The maximum Gasteiger partial charge on any atom is 0.230 e. The third-order valence-electron chi connectivity index (χ3n) is 8.31. The fraction of sp³-hybridized carbons (Fsp3) is 0.586. The maximum atomic E-state index is 14.8. The molecule has 3 aliphatic rings. The topological polar surface area (TPSA) is 94.8 Å². The van der Waals surface area contributed by atoms with E-state index in [9.17, 15) is 9.18 Å². The summed E-state index contributed by atoms with van der Waals surface area (Å²) in [5, 5.41) is 0. The summed E-state index contributed by atoms with van der Waals surface area (Å²) in [4.78, 5) is 31.6. The Hall–Kier alpha value is -2.58. The average molecular weight is 679 g/mol. The second-order valence-electron chi connectivity index (χ2n) is 10.9. The first-order valence-corrected chi connectivity index (χ1v) is 15.7. The Labute approximate surface area is 252 Å². The first kappa shape index (κ1) is 28.5. The predicted molar refractivity (Wildman–Crippen MR) is 161 cm³/mol. The van der Waals surface area contributed by atoms with Crippen LogP contribution in [0.2, 0.25) is 0 Å². The van der Waals surface area contributed by atoms with Gasteiger partial charge >= 0.3 is 0 Å². The summed E-state index contributed by atoms with van der Waals surface area (Å²) < 4.78 is 32.6. The van der Waals surface area contributed by atoms with Crippen molar-refractivity contribution in [2.75, 3.05) is 51.5 Å². The van der Waals surface area contributed by atoms with Crippen LogP contribution in [-0.4, -0.2) is 89.0 Å². The van der Waals surface area contributed by atoms with Crippen LogP contribution in [0, 0.1) is 5.92 Å². The largest absolute Gasteiger partial charge is 0.474 e. The summed E-state index contributed by atoms with van der Waals surface area (Å²) in [6.45, 7) is 3.91. The minimum absolute atomic E-state index is 0.0159. The number of hydrogen-bond donors (Lipinski definition) is 0. The number of rotatable bonds is 8. The zero-order valence-corrected chi connectivity index (χ0v) is 25.4. The van der Waals surface area contributed by atoms with Crippen LogP contribution < -0.4 is 9.64 Å². The lowest BCUT2D eigenvalue weighted by molar-refractivity contribution is -0.138. The van der Waals surface area contributed by atoms with Crippen molar-refractivity contribution < 1.29 is 23.4 Å². The van der Waals surface area contributed by atoms with Gasteiger partial charge in [-0.2, -0.15) is 9.97 Å². The molecule has 10 nitrogen and oxygen atoms in total. The van der Waals surface area contributed by atoms with E-state index >= 15 is 0 Å². The number of morpholine rings is 1. The number of benzene rings is 1. The van der Waals surface area contributed by atoms with Crippen molar-refractivity contribution in [3.63, 3.8) is 0 Å². The molecule has 1 aliphatic carbocycles. The van der Waals surface area contributed by atoms with E-state index in [1.807, 2.05) is 29.2 Å². The number of halogens is 2. The quantitative estimate of drug-likeness (QED) is 0.252. The van der Waals surface area contributed by atoms with Crippen molar-refractivity contribution in [1.82, 2.24) is 24.4 Å². The van der Waals surface area contributed by atoms with Crippen molar-refractivity contribution in [1.29, 1.82) is 0 Å². The Morgan fingerprint density at radius 3 is 2.63 bits per heavy atom. The Bertz CT molecular complexity index is 1360. The van der Waals surface area contributed by atoms with E-state index in [4.69, 9.17) is 24.2 Å². The van der Waals surface area contributed by atoms with E-state index in [0.717, 1.165) is 50.6 Å². The van der Waals surface area contributed by atoms with Gasteiger partial charge < -0.3 is 24.0 Å². The number of alkyl halides is 2. The Morgan fingerprint density at radius 1 is 1.10 bits per heavy atom. The number of anilines is 1. The lowest BCUT2D eigenvalue weighted by Gasteiger charge is -2.33. The maximum absolute atomic E-state index is 14.8. The Kier molecular flexibility index (Phi) is 8.87. The van der Waals surface area contributed by atoms with Crippen molar-refractivity contribution in [2.24, 2.45) is 5.92 Å². The summed E-state index contributed by atoms with van der Waals surface area (Å²) in [6.07, 6.45) is 5.08. The van der Waals surface area contributed by atoms with E-state index in [1.54, 1.807) is 40.3 Å². The number of carbonyl (C=O) groups is 1. The van der Waals surface area contributed by atoms with Gasteiger partial charge in [0.2, 0.25) is 21.9 Å². The fourth-order valence-corrected chi connectivity index (χ4v) is 6.65. The van der Waals surface area contributed by atoms with Gasteiger partial charge in [-0.25, -0.2) is 9.37 Å². The third-order valence-corrected chi connectivity index (χ3v) is 8.87. The molecular weight excluding hydrogens is 642 g/mol. The van der Waals surface area contributed by atoms with E-state index < -0.39 is 4.18 Å². The van der Waals surface area contributed by atoms with Crippen LogP contribution in [0.25, 0.3) is 16.9 Å². The molecule has 0 bridgehead atoms. The molecule has 0 radical (unpaired) electrons. The first-order chi connectivity index (χ1) is 20.0. The average Bonchev–Trinajstić information content (AvgIpc) is 3.63. The lowest BCUT2D eigenvalue weighted by atomic mass is 9.86. The SMILES string of the molecule is COC[C@@H]1CCCN1C(=O)C1CCC(Oc2cc(-n3c(C(F)I)nc4ccccc43)nc(N3CCOCC3)n2)CC1. The minimum atomic E-state index is -1.32. The van der Waals surface area contributed by atoms with Gasteiger partial charge in [0.15, 0.2) is 5.82 Å². The molecule has 2 aromatic heterocycles. The highest BCUT2D eigenvalue weighted by Gasteiger charge is 2.35. The molecule has 6 rings (SSSR count). The molecule has 1 unspecified atom stereocenters. The number of ether oxygens (including phenoxy) is 3. The number of fused-ring (bicyclic) bond motifs is 1. The van der Waals surface area contributed by atoms with Gasteiger partial charge in [0.05, 0.1) is 36.9 Å². The van der Waals surface area contributed by atoms with E-state index in [0.29, 0.717) is 56.1 Å². The number of hydrogen-bond acceptors (Lipinski definition) is 8. The second-order valence-corrected chi connectivity index (χ2v) is 12.0. The molecule has 4 heterocycles. The highest BCUT2D eigenvalue weighted by Crippen LogP contribution is 2.34. The number of aromatic nitrogens is 4. The zero-order chi connectivity index (χ0) is 28.3. The summed E-state index contributed by atoms with van der Waals surface area (Å²) in [7, 11) is 1.69. The second kappa shape index (κ2) is 12.7. The molecule has 1 amide bonds. The van der Waals surface area contributed by atoms with Crippen LogP contribution in [0.15, 0.2) is 30.3 Å². The molecule has 1 aromatic carbocycles. The summed E-state index contributed by atoms with van der Waals surface area (Å²) in [5.74, 6) is 2.02. The number of nitrogens with zero attached hydrogens (tertiary/aromatic N) is 6. The van der Waals surface area contributed by atoms with Crippen LogP contribution in [0.5, 0.6) is 5.88 Å². The Balaban J connectivity index is 1.24. The van der Waals surface area contributed by atoms with Gasteiger partial charge in [-0.05, 0) is 73.2 Å². The van der Waals surface area contributed by atoms with Crippen LogP contribution in [0.4, 0.5) is 10.3 Å². The van der Waals surface area contributed by atoms with Gasteiger partial charge in [0.25, 0.3) is 0 Å². The highest BCUT2D eigenvalue weighted by atomic mass is 127. The van der Waals surface area contributed by atoms with Gasteiger partial charge in [-0.3, -0.25) is 9.36 Å². The predicted octanol–water partition coefficient (Wildman–Crippen LogP) is 4.63. The van der Waals surface area contributed by atoms with E-state index in [-0.39, 0.29) is 29.8 Å². The molecule has 2 atom stereocenters. The molecule has 3 aromatic rings. The standard InChI is InChI=1S/C29H36FIN6O4/c1-39-18-20-5-4-12-36(20)28(38)19-8-10-21(11-9-19)41-25-17-24(33-29(34-25)35-13-15-40-16-14-35)37-23-7-3-2-6-22(23)32-27(37)26(30)31/h2-3,6-7,17,19-21,26H,4-5,8-16,18H2,1H3/t19?,20-,21?,26?/m0/s1. The number of likely N-dealkylation sites (tertiary alicyclic amines) is 1. The van der Waals surface area contributed by atoms with Crippen LogP contribution in [-0.2, 0) is 14.3 Å². The molecule has 1 saturated carbocycles. The van der Waals surface area contributed by atoms with Gasteiger partial charge in [0, 0.05) is 38.7 Å². The molecule has 3 fully saturated rings. The van der Waals surface area contributed by atoms with E-state index in [2.05, 4.69) is 9.88 Å². The molecular formula is C29H36FIN6O4. The molecule has 2 saturated heterocycles. The third kappa shape index (κ3) is 6.14. The lowest BCUT2D eigenvalue weighted by Crippen LogP contribution is -2.43. The molecule has 0 N–H and O–H groups in total. The molecule has 0 spiro atoms. The number of carbonyl (C=O) groups excluding carboxylic acids is 1. The highest BCUT2D eigenvalue weighted by molar-refractivity contribution is 14.1. The Morgan fingerprint density at radius 2 is 1.88 bits per heavy atom. The van der Waals surface area contributed by atoms with Gasteiger partial charge in [0.1, 0.15) is 11.9 Å². The smallest absolute Gasteiger partial charge is 0.230 e. The summed E-state index contributed by atoms with van der Waals surface area (Å²) >= 11 is 1.74. The number of imidazole rings is 1. The van der Waals surface area contributed by atoms with Crippen LogP contribution >= 0.6 is 22.6 Å². The summed E-state index contributed by atoms with van der Waals surface area (Å²) in [6, 6.07) is 9.55. The monoisotopic (exact) mass is 678 g/mol. The number of methoxy groups -OCH3 is 1. The number of para-hydroxylation sites is 2. The molecule has 220 valence electrons. The molecule has 2 aliphatic heterocycles. The first-order valence-electron chi connectivity index (χ1n) is 14.5. The van der Waals surface area contributed by atoms with Crippen molar-refractivity contribution in [3.05, 3.63) is 36.2 Å². The van der Waals surface area contributed by atoms with Crippen molar-refractivity contribution in [3.8, 4) is 11.7 Å². The van der Waals surface area contributed by atoms with Crippen LogP contribution in [0.1, 0.15) is 48.5 Å². The van der Waals surface area contributed by atoms with Crippen molar-refractivity contribution in [2.45, 2.75) is 54.8 Å². The number of amides is 1. The summed E-state index contributed by atoms with van der Waals surface area (Å²) in [5.41, 5.74) is 1.47. The zero-order valence-electron chi connectivity index (χ0n) is 23.3.